The number of amides is 1. The van der Waals surface area contributed by atoms with Crippen LogP contribution in [0.1, 0.15) is 13.3 Å². The number of hydrogen-bond donors (Lipinski definition) is 1. The van der Waals surface area contributed by atoms with E-state index in [0.717, 1.165) is 19.5 Å². The van der Waals surface area contributed by atoms with E-state index >= 15 is 0 Å². The molecule has 2 N–H and O–H groups in total. The van der Waals surface area contributed by atoms with Crippen LogP contribution in [0, 0.1) is 0 Å². The van der Waals surface area contributed by atoms with Gasteiger partial charge in [-0.1, -0.05) is 0 Å². The van der Waals surface area contributed by atoms with Crippen LogP contribution >= 0.6 is 12.4 Å². The molecule has 0 aliphatic rings. The largest absolute Gasteiger partial charge is 0.344 e. The first-order valence-corrected chi connectivity index (χ1v) is 5.07. The zero-order valence-corrected chi connectivity index (χ0v) is 10.5. The van der Waals surface area contributed by atoms with Crippen molar-refractivity contribution in [3.8, 4) is 0 Å². The lowest BCUT2D eigenvalue weighted by Gasteiger charge is -2.19. The Morgan fingerprint density at radius 2 is 2.31 bits per heavy atom. The highest BCUT2D eigenvalue weighted by molar-refractivity contribution is 5.85. The van der Waals surface area contributed by atoms with E-state index in [1.54, 1.807) is 31.4 Å². The van der Waals surface area contributed by atoms with Crippen molar-refractivity contribution in [1.82, 2.24) is 14.5 Å². The summed E-state index contributed by atoms with van der Waals surface area (Å²) in [4.78, 5) is 17.0. The number of aromatic nitrogens is 2. The smallest absolute Gasteiger partial charge is 0.238 e. The van der Waals surface area contributed by atoms with Crippen LogP contribution in [0.15, 0.2) is 18.7 Å². The number of carbonyl (C=O) groups excluding carboxylic acids is 1. The Bertz CT molecular complexity index is 300. The molecule has 1 amide bonds. The Labute approximate surface area is 102 Å². The summed E-state index contributed by atoms with van der Waals surface area (Å²) in [5, 5.41) is 0. The van der Waals surface area contributed by atoms with Crippen molar-refractivity contribution in [2.75, 3.05) is 13.6 Å². The lowest BCUT2D eigenvalue weighted by molar-refractivity contribution is -0.130. The summed E-state index contributed by atoms with van der Waals surface area (Å²) in [7, 11) is 1.78. The second-order valence-corrected chi connectivity index (χ2v) is 3.70. The van der Waals surface area contributed by atoms with Gasteiger partial charge < -0.3 is 15.2 Å². The Hall–Kier alpha value is -1.07. The van der Waals surface area contributed by atoms with Gasteiger partial charge in [-0.2, -0.15) is 0 Å². The predicted octanol–water partition coefficient (Wildman–Crippen LogP) is 0.501. The predicted molar refractivity (Wildman–Crippen MR) is 65.4 cm³/mol. The van der Waals surface area contributed by atoms with Crippen LogP contribution in [-0.2, 0) is 11.3 Å². The summed E-state index contributed by atoms with van der Waals surface area (Å²) in [6.07, 6.45) is 6.34. The van der Waals surface area contributed by atoms with Crippen LogP contribution in [0.2, 0.25) is 0 Å². The third-order valence-corrected chi connectivity index (χ3v) is 2.23. The summed E-state index contributed by atoms with van der Waals surface area (Å²) in [6.45, 7) is 3.30. The molecular weight excluding hydrogens is 228 g/mol. The molecule has 0 saturated carbocycles. The highest BCUT2D eigenvalue weighted by Crippen LogP contribution is 1.95. The van der Waals surface area contributed by atoms with Gasteiger partial charge >= 0.3 is 0 Å². The summed E-state index contributed by atoms with van der Waals surface area (Å²) < 4.78 is 1.99. The maximum atomic E-state index is 11.4. The average Bonchev–Trinajstić information content (AvgIpc) is 2.69. The number of aryl methyl sites for hydroxylation is 1. The van der Waals surface area contributed by atoms with Crippen LogP contribution in [-0.4, -0.2) is 40.0 Å². The summed E-state index contributed by atoms with van der Waals surface area (Å²) in [6, 6.07) is -0.414. The molecule has 0 bridgehead atoms. The van der Waals surface area contributed by atoms with Gasteiger partial charge in [-0.05, 0) is 13.3 Å². The summed E-state index contributed by atoms with van der Waals surface area (Å²) in [5.74, 6) is -0.0133. The second kappa shape index (κ2) is 7.24. The standard InChI is InChI=1S/C10H18N4O.ClH/c1-9(11)10(15)13(2)5-3-6-14-7-4-12-8-14;/h4,7-9H,3,5-6,11H2,1-2H3;1H. The van der Waals surface area contributed by atoms with E-state index in [4.69, 9.17) is 5.73 Å². The molecule has 16 heavy (non-hydrogen) atoms. The van der Waals surface area contributed by atoms with Crippen LogP contribution in [0.5, 0.6) is 0 Å². The highest BCUT2D eigenvalue weighted by atomic mass is 35.5. The molecule has 1 aromatic rings. The number of hydrogen-bond acceptors (Lipinski definition) is 3. The van der Waals surface area contributed by atoms with Gasteiger partial charge in [0, 0.05) is 32.5 Å². The van der Waals surface area contributed by atoms with E-state index in [2.05, 4.69) is 4.98 Å². The Balaban J connectivity index is 0.00000225. The fourth-order valence-corrected chi connectivity index (χ4v) is 1.37. The van der Waals surface area contributed by atoms with Crippen LogP contribution in [0.3, 0.4) is 0 Å². The maximum absolute atomic E-state index is 11.4. The molecule has 0 aliphatic heterocycles. The Morgan fingerprint density at radius 3 is 2.81 bits per heavy atom. The number of imidazole rings is 1. The third kappa shape index (κ3) is 4.63. The van der Waals surface area contributed by atoms with E-state index in [1.807, 2.05) is 10.8 Å². The van der Waals surface area contributed by atoms with Gasteiger partial charge in [0.15, 0.2) is 0 Å². The zero-order valence-electron chi connectivity index (χ0n) is 9.67. The van der Waals surface area contributed by atoms with Gasteiger partial charge in [-0.3, -0.25) is 4.79 Å². The molecule has 5 nitrogen and oxygen atoms in total. The molecule has 0 spiro atoms. The molecule has 0 radical (unpaired) electrons. The number of halogens is 1. The van der Waals surface area contributed by atoms with E-state index < -0.39 is 6.04 Å². The SMILES string of the molecule is CC(N)C(=O)N(C)CCCn1ccnc1.Cl. The first-order valence-electron chi connectivity index (χ1n) is 5.07. The Morgan fingerprint density at radius 1 is 1.62 bits per heavy atom. The minimum absolute atomic E-state index is 0. The molecule has 0 saturated heterocycles. The van der Waals surface area contributed by atoms with Crippen molar-refractivity contribution in [3.63, 3.8) is 0 Å². The molecule has 1 unspecified atom stereocenters. The zero-order chi connectivity index (χ0) is 11.3. The van der Waals surface area contributed by atoms with Gasteiger partial charge in [0.05, 0.1) is 12.4 Å². The molecule has 0 fully saturated rings. The lowest BCUT2D eigenvalue weighted by atomic mass is 10.3. The normalized spacial score (nSPS) is 11.7. The van der Waals surface area contributed by atoms with E-state index in [1.165, 1.54) is 0 Å². The number of likely N-dealkylation sites (N-methyl/N-ethyl adjacent to an activating group) is 1. The summed E-state index contributed by atoms with van der Waals surface area (Å²) >= 11 is 0. The molecular formula is C10H19ClN4O. The van der Waals surface area contributed by atoms with E-state index in [0.29, 0.717) is 0 Å². The molecule has 1 rings (SSSR count). The minimum atomic E-state index is -0.414. The number of carbonyl (C=O) groups is 1. The maximum Gasteiger partial charge on any atom is 0.238 e. The van der Waals surface area contributed by atoms with Crippen LogP contribution in [0.4, 0.5) is 0 Å². The molecule has 0 aliphatic carbocycles. The minimum Gasteiger partial charge on any atom is -0.344 e. The fourth-order valence-electron chi connectivity index (χ4n) is 1.37. The molecule has 1 heterocycles. The van der Waals surface area contributed by atoms with Crippen LogP contribution in [0.25, 0.3) is 0 Å². The molecule has 1 aromatic heterocycles. The van der Waals surface area contributed by atoms with Gasteiger partial charge in [-0.25, -0.2) is 4.98 Å². The van der Waals surface area contributed by atoms with Gasteiger partial charge in [-0.15, -0.1) is 12.4 Å². The highest BCUT2D eigenvalue weighted by Gasteiger charge is 2.12. The van der Waals surface area contributed by atoms with Crippen molar-refractivity contribution in [1.29, 1.82) is 0 Å². The molecule has 1 atom stereocenters. The van der Waals surface area contributed by atoms with Crippen molar-refractivity contribution in [2.24, 2.45) is 5.73 Å². The monoisotopic (exact) mass is 246 g/mol. The quantitative estimate of drug-likeness (QED) is 0.823. The average molecular weight is 247 g/mol. The molecule has 6 heteroatoms. The Kier molecular flexibility index (Phi) is 6.76. The lowest BCUT2D eigenvalue weighted by Crippen LogP contribution is -2.40. The summed E-state index contributed by atoms with van der Waals surface area (Å²) in [5.41, 5.74) is 5.50. The molecule has 0 aromatic carbocycles. The first-order chi connectivity index (χ1) is 7.11. The number of rotatable bonds is 5. The number of nitrogens with zero attached hydrogens (tertiary/aromatic N) is 3. The van der Waals surface area contributed by atoms with Gasteiger partial charge in [0.25, 0.3) is 0 Å². The van der Waals surface area contributed by atoms with Crippen molar-refractivity contribution in [3.05, 3.63) is 18.7 Å². The van der Waals surface area contributed by atoms with Crippen molar-refractivity contribution in [2.45, 2.75) is 25.9 Å². The first kappa shape index (κ1) is 14.9. The van der Waals surface area contributed by atoms with E-state index in [9.17, 15) is 4.79 Å². The fraction of sp³-hybridized carbons (Fsp3) is 0.600. The second-order valence-electron chi connectivity index (χ2n) is 3.70. The van der Waals surface area contributed by atoms with E-state index in [-0.39, 0.29) is 18.3 Å². The number of nitrogens with two attached hydrogens (primary N) is 1. The third-order valence-electron chi connectivity index (χ3n) is 2.23. The molecule has 92 valence electrons. The van der Waals surface area contributed by atoms with Crippen LogP contribution < -0.4 is 5.73 Å². The van der Waals surface area contributed by atoms with Crippen molar-refractivity contribution < 1.29 is 4.79 Å². The topological polar surface area (TPSA) is 64.2 Å². The van der Waals surface area contributed by atoms with Gasteiger partial charge in [0.1, 0.15) is 0 Å². The van der Waals surface area contributed by atoms with Gasteiger partial charge in [0.2, 0.25) is 5.91 Å². The van der Waals surface area contributed by atoms with Crippen molar-refractivity contribution >= 4 is 18.3 Å².